The van der Waals surface area contributed by atoms with Crippen molar-refractivity contribution in [3.8, 4) is 0 Å². The number of hydrogen-bond acceptors (Lipinski definition) is 2. The first-order valence-corrected chi connectivity index (χ1v) is 8.86. The number of rotatable bonds is 5. The lowest BCUT2D eigenvalue weighted by Crippen LogP contribution is -2.61. The van der Waals surface area contributed by atoms with Crippen LogP contribution in [0.5, 0.6) is 0 Å². The molecule has 1 saturated carbocycles. The number of nitrogens with zero attached hydrogens (tertiary/aromatic N) is 1. The van der Waals surface area contributed by atoms with E-state index in [-0.39, 0.29) is 5.54 Å². The molecule has 1 N–H and O–H groups in total. The Morgan fingerprint density at radius 2 is 2.19 bits per heavy atom. The summed E-state index contributed by atoms with van der Waals surface area (Å²) < 4.78 is 1.17. The van der Waals surface area contributed by atoms with E-state index < -0.39 is 0 Å². The second-order valence-electron chi connectivity index (χ2n) is 6.87. The van der Waals surface area contributed by atoms with Gasteiger partial charge >= 0.3 is 0 Å². The minimum absolute atomic E-state index is 0.273. The Labute approximate surface area is 138 Å². The van der Waals surface area contributed by atoms with Gasteiger partial charge in [-0.2, -0.15) is 0 Å². The van der Waals surface area contributed by atoms with Crippen molar-refractivity contribution in [2.45, 2.75) is 50.6 Å². The third kappa shape index (κ3) is 3.88. The Bertz CT molecular complexity index is 460. The molecule has 21 heavy (non-hydrogen) atoms. The van der Waals surface area contributed by atoms with Crippen molar-refractivity contribution in [1.82, 2.24) is 10.2 Å². The highest BCUT2D eigenvalue weighted by atomic mass is 79.9. The van der Waals surface area contributed by atoms with Crippen LogP contribution in [0.3, 0.4) is 0 Å². The van der Waals surface area contributed by atoms with E-state index >= 15 is 0 Å². The van der Waals surface area contributed by atoms with Crippen LogP contribution in [0.4, 0.5) is 0 Å². The zero-order valence-corrected chi connectivity index (χ0v) is 15.4. The predicted molar refractivity (Wildman–Crippen MR) is 94.7 cm³/mol. The number of halogens is 1. The van der Waals surface area contributed by atoms with Gasteiger partial charge in [0.25, 0.3) is 0 Å². The average Bonchev–Trinajstić information content (AvgIpc) is 2.44. The van der Waals surface area contributed by atoms with Crippen LogP contribution in [0.15, 0.2) is 28.7 Å². The molecule has 1 aromatic rings. The molecule has 3 unspecified atom stereocenters. The van der Waals surface area contributed by atoms with E-state index in [9.17, 15) is 0 Å². The van der Waals surface area contributed by atoms with Gasteiger partial charge in [-0.15, -0.1) is 0 Å². The van der Waals surface area contributed by atoms with Gasteiger partial charge < -0.3 is 10.2 Å². The van der Waals surface area contributed by atoms with E-state index in [1.807, 2.05) is 0 Å². The van der Waals surface area contributed by atoms with Gasteiger partial charge in [-0.25, -0.2) is 0 Å². The Hall–Kier alpha value is -0.380. The van der Waals surface area contributed by atoms with Crippen molar-refractivity contribution in [1.29, 1.82) is 0 Å². The number of nitrogens with one attached hydrogen (secondary N) is 1. The zero-order valence-electron chi connectivity index (χ0n) is 13.8. The number of hydrogen-bond donors (Lipinski definition) is 1. The average molecular weight is 353 g/mol. The third-order valence-corrected chi connectivity index (χ3v) is 5.72. The molecule has 1 aromatic carbocycles. The molecule has 1 aliphatic rings. The van der Waals surface area contributed by atoms with E-state index in [2.05, 4.69) is 78.5 Å². The lowest BCUT2D eigenvalue weighted by atomic mass is 9.70. The molecule has 0 aliphatic heterocycles. The van der Waals surface area contributed by atoms with Crippen molar-refractivity contribution in [3.63, 3.8) is 0 Å². The summed E-state index contributed by atoms with van der Waals surface area (Å²) in [5.74, 6) is 0.819. The van der Waals surface area contributed by atoms with Gasteiger partial charge in [-0.1, -0.05) is 47.8 Å². The Kier molecular flexibility index (Phi) is 5.87. The van der Waals surface area contributed by atoms with Crippen molar-refractivity contribution in [2.75, 3.05) is 21.1 Å². The summed E-state index contributed by atoms with van der Waals surface area (Å²) in [6, 6.07) is 9.22. The second kappa shape index (κ2) is 7.26. The maximum absolute atomic E-state index is 3.63. The van der Waals surface area contributed by atoms with Crippen molar-refractivity contribution in [3.05, 3.63) is 34.3 Å². The molecule has 0 saturated heterocycles. The van der Waals surface area contributed by atoms with Gasteiger partial charge in [0.15, 0.2) is 0 Å². The van der Waals surface area contributed by atoms with E-state index in [1.165, 1.54) is 35.7 Å². The molecule has 2 nitrogen and oxygen atoms in total. The maximum Gasteiger partial charge on any atom is 0.0362 e. The smallest absolute Gasteiger partial charge is 0.0362 e. The summed E-state index contributed by atoms with van der Waals surface area (Å²) >= 11 is 3.59. The van der Waals surface area contributed by atoms with Gasteiger partial charge in [-0.3, -0.25) is 0 Å². The molecular weight excluding hydrogens is 324 g/mol. The fourth-order valence-corrected chi connectivity index (χ4v) is 4.51. The Balaban J connectivity index is 2.23. The fourth-order valence-electron chi connectivity index (χ4n) is 4.06. The van der Waals surface area contributed by atoms with Crippen molar-refractivity contribution < 1.29 is 0 Å². The third-order valence-electron chi connectivity index (χ3n) is 5.23. The van der Waals surface area contributed by atoms with Crippen LogP contribution in [-0.2, 0) is 6.42 Å². The molecule has 1 aliphatic carbocycles. The molecule has 0 bridgehead atoms. The standard InChI is InChI=1S/C18H29BrN2/c1-14-7-6-10-18(13-14,21(3)4)17(20-2)12-15-8-5-9-16(19)11-15/h5,8-9,11,14,17,20H,6-7,10,12-13H2,1-4H3. The highest BCUT2D eigenvalue weighted by Crippen LogP contribution is 2.39. The summed E-state index contributed by atoms with van der Waals surface area (Å²) in [7, 11) is 6.62. The van der Waals surface area contributed by atoms with Crippen molar-refractivity contribution >= 4 is 15.9 Å². The normalized spacial score (nSPS) is 27.8. The van der Waals surface area contributed by atoms with E-state index in [0.717, 1.165) is 12.3 Å². The SMILES string of the molecule is CNC(Cc1cccc(Br)c1)C1(N(C)C)CCCC(C)C1. The van der Waals surface area contributed by atoms with E-state index in [1.54, 1.807) is 0 Å². The topological polar surface area (TPSA) is 15.3 Å². The molecule has 3 heteroatoms. The molecule has 0 radical (unpaired) electrons. The molecular formula is C18H29BrN2. The Morgan fingerprint density at radius 1 is 1.43 bits per heavy atom. The molecule has 118 valence electrons. The van der Waals surface area contributed by atoms with Crippen LogP contribution >= 0.6 is 15.9 Å². The van der Waals surface area contributed by atoms with Gasteiger partial charge in [0, 0.05) is 16.1 Å². The first kappa shape index (κ1) is 17.0. The first-order chi connectivity index (χ1) is 9.98. The molecule has 0 aromatic heterocycles. The van der Waals surface area contributed by atoms with Gasteiger partial charge in [-0.05, 0) is 64.0 Å². The second-order valence-corrected chi connectivity index (χ2v) is 7.79. The van der Waals surface area contributed by atoms with E-state index in [4.69, 9.17) is 0 Å². The summed E-state index contributed by atoms with van der Waals surface area (Å²) in [5.41, 5.74) is 1.68. The van der Waals surface area contributed by atoms with Gasteiger partial charge in [0.05, 0.1) is 0 Å². The van der Waals surface area contributed by atoms with Crippen LogP contribution in [0.1, 0.15) is 38.2 Å². The van der Waals surface area contributed by atoms with E-state index in [0.29, 0.717) is 6.04 Å². The molecule has 1 fully saturated rings. The van der Waals surface area contributed by atoms with Crippen LogP contribution in [0.25, 0.3) is 0 Å². The zero-order chi connectivity index (χ0) is 15.5. The summed E-state index contributed by atoms with van der Waals surface area (Å²) in [4.78, 5) is 2.47. The first-order valence-electron chi connectivity index (χ1n) is 8.07. The van der Waals surface area contributed by atoms with Crippen LogP contribution in [0, 0.1) is 5.92 Å². The lowest BCUT2D eigenvalue weighted by Gasteiger charge is -2.50. The highest BCUT2D eigenvalue weighted by Gasteiger charge is 2.42. The lowest BCUT2D eigenvalue weighted by molar-refractivity contribution is 0.0399. The fraction of sp³-hybridized carbons (Fsp3) is 0.667. The predicted octanol–water partition coefficient (Wildman–Crippen LogP) is 4.09. The number of benzene rings is 1. The number of likely N-dealkylation sites (N-methyl/N-ethyl adjacent to an activating group) is 2. The molecule has 2 rings (SSSR count). The molecule has 0 amide bonds. The quantitative estimate of drug-likeness (QED) is 0.858. The molecule has 0 spiro atoms. The molecule has 0 heterocycles. The van der Waals surface area contributed by atoms with Crippen molar-refractivity contribution in [2.24, 2.45) is 5.92 Å². The van der Waals surface area contributed by atoms with Crippen LogP contribution < -0.4 is 5.32 Å². The largest absolute Gasteiger partial charge is 0.315 e. The summed E-state index contributed by atoms with van der Waals surface area (Å²) in [6.07, 6.45) is 6.39. The minimum Gasteiger partial charge on any atom is -0.315 e. The Morgan fingerprint density at radius 3 is 2.76 bits per heavy atom. The van der Waals surface area contributed by atoms with Crippen LogP contribution in [0.2, 0.25) is 0 Å². The minimum atomic E-state index is 0.273. The summed E-state index contributed by atoms with van der Waals surface area (Å²) in [6.45, 7) is 2.41. The monoisotopic (exact) mass is 352 g/mol. The maximum atomic E-state index is 3.63. The van der Waals surface area contributed by atoms with Crippen LogP contribution in [-0.4, -0.2) is 37.6 Å². The highest BCUT2D eigenvalue weighted by molar-refractivity contribution is 9.10. The van der Waals surface area contributed by atoms with Gasteiger partial charge in [0.1, 0.15) is 0 Å². The van der Waals surface area contributed by atoms with Gasteiger partial charge in [0.2, 0.25) is 0 Å². The molecule has 3 atom stereocenters. The summed E-state index contributed by atoms with van der Waals surface area (Å²) in [5, 5.41) is 3.63.